The Balaban J connectivity index is 2.21. The van der Waals surface area contributed by atoms with Crippen LogP contribution in [0.3, 0.4) is 0 Å². The number of hydrogen-bond acceptors (Lipinski definition) is 1. The third-order valence-electron chi connectivity index (χ3n) is 2.72. The second-order valence-electron chi connectivity index (χ2n) is 4.17. The van der Waals surface area contributed by atoms with Crippen LogP contribution in [0.5, 0.6) is 0 Å². The van der Waals surface area contributed by atoms with Crippen molar-refractivity contribution in [2.75, 3.05) is 5.32 Å². The first-order valence-electron chi connectivity index (χ1n) is 5.64. The van der Waals surface area contributed by atoms with E-state index in [4.69, 9.17) is 23.2 Å². The van der Waals surface area contributed by atoms with Gasteiger partial charge in [0.1, 0.15) is 0 Å². The molecular formula is C14H11BrCl2FN. The van der Waals surface area contributed by atoms with Crippen molar-refractivity contribution in [1.82, 2.24) is 0 Å². The first-order valence-corrected chi connectivity index (χ1v) is 7.19. The van der Waals surface area contributed by atoms with E-state index in [9.17, 15) is 4.39 Å². The fourth-order valence-electron chi connectivity index (χ4n) is 1.75. The van der Waals surface area contributed by atoms with Crippen molar-refractivity contribution in [2.24, 2.45) is 0 Å². The van der Waals surface area contributed by atoms with Crippen LogP contribution in [0.2, 0.25) is 10.0 Å². The number of hydrogen-bond donors (Lipinski definition) is 1. The molecule has 100 valence electrons. The molecule has 0 amide bonds. The van der Waals surface area contributed by atoms with Gasteiger partial charge in [-0.05, 0) is 36.8 Å². The summed E-state index contributed by atoms with van der Waals surface area (Å²) >= 11 is 15.0. The molecule has 0 saturated heterocycles. The summed E-state index contributed by atoms with van der Waals surface area (Å²) in [5.41, 5.74) is 1.79. The lowest BCUT2D eigenvalue weighted by molar-refractivity contribution is 0.628. The smallest absolute Gasteiger partial charge is 0.160 e. The van der Waals surface area contributed by atoms with Gasteiger partial charge in [-0.25, -0.2) is 4.39 Å². The van der Waals surface area contributed by atoms with E-state index in [0.717, 1.165) is 10.0 Å². The SMILES string of the molecule is CC(Nc1cc(Cl)c(F)c(Cl)c1)c1cccc(Br)c1. The number of nitrogens with one attached hydrogen (secondary N) is 1. The summed E-state index contributed by atoms with van der Waals surface area (Å²) in [5.74, 6) is -0.594. The van der Waals surface area contributed by atoms with Gasteiger partial charge in [0.2, 0.25) is 0 Å². The second-order valence-corrected chi connectivity index (χ2v) is 5.90. The van der Waals surface area contributed by atoms with Crippen molar-refractivity contribution in [3.05, 3.63) is 62.3 Å². The van der Waals surface area contributed by atoms with E-state index in [1.807, 2.05) is 31.2 Å². The highest BCUT2D eigenvalue weighted by molar-refractivity contribution is 9.10. The fraction of sp³-hybridized carbons (Fsp3) is 0.143. The summed E-state index contributed by atoms with van der Waals surface area (Å²) in [6, 6.07) is 11.0. The van der Waals surface area contributed by atoms with Crippen LogP contribution < -0.4 is 5.32 Å². The molecule has 2 aromatic rings. The highest BCUT2D eigenvalue weighted by atomic mass is 79.9. The number of halogens is 4. The van der Waals surface area contributed by atoms with E-state index in [1.54, 1.807) is 0 Å². The average molecular weight is 363 g/mol. The summed E-state index contributed by atoms with van der Waals surface area (Å²) in [6.07, 6.45) is 0. The maximum Gasteiger partial charge on any atom is 0.160 e. The molecule has 5 heteroatoms. The molecule has 1 atom stereocenters. The van der Waals surface area contributed by atoms with Gasteiger partial charge in [0, 0.05) is 16.2 Å². The van der Waals surface area contributed by atoms with Crippen molar-refractivity contribution in [2.45, 2.75) is 13.0 Å². The largest absolute Gasteiger partial charge is 0.378 e. The molecular weight excluding hydrogens is 352 g/mol. The summed E-state index contributed by atoms with van der Waals surface area (Å²) < 4.78 is 14.3. The van der Waals surface area contributed by atoms with E-state index in [0.29, 0.717) is 5.69 Å². The van der Waals surface area contributed by atoms with Gasteiger partial charge in [-0.15, -0.1) is 0 Å². The highest BCUT2D eigenvalue weighted by Gasteiger charge is 2.10. The van der Waals surface area contributed by atoms with Crippen LogP contribution in [0.4, 0.5) is 10.1 Å². The summed E-state index contributed by atoms with van der Waals surface area (Å²) in [5, 5.41) is 3.26. The van der Waals surface area contributed by atoms with Gasteiger partial charge in [-0.3, -0.25) is 0 Å². The van der Waals surface area contributed by atoms with Crippen LogP contribution in [-0.2, 0) is 0 Å². The maximum atomic E-state index is 13.3. The fourth-order valence-corrected chi connectivity index (χ4v) is 2.65. The first-order chi connectivity index (χ1) is 8.97. The Morgan fingerprint density at radius 3 is 2.37 bits per heavy atom. The van der Waals surface area contributed by atoms with Crippen molar-refractivity contribution in [3.63, 3.8) is 0 Å². The van der Waals surface area contributed by atoms with Crippen molar-refractivity contribution < 1.29 is 4.39 Å². The second kappa shape index (κ2) is 6.12. The zero-order chi connectivity index (χ0) is 14.0. The van der Waals surface area contributed by atoms with Gasteiger partial charge in [-0.2, -0.15) is 0 Å². The zero-order valence-corrected chi connectivity index (χ0v) is 13.2. The van der Waals surface area contributed by atoms with Crippen LogP contribution in [0.15, 0.2) is 40.9 Å². The van der Waals surface area contributed by atoms with E-state index in [-0.39, 0.29) is 16.1 Å². The summed E-state index contributed by atoms with van der Waals surface area (Å²) in [4.78, 5) is 0. The molecule has 0 spiro atoms. The molecule has 0 bridgehead atoms. The molecule has 19 heavy (non-hydrogen) atoms. The van der Waals surface area contributed by atoms with Gasteiger partial charge in [0.25, 0.3) is 0 Å². The van der Waals surface area contributed by atoms with Crippen LogP contribution in [-0.4, -0.2) is 0 Å². The number of benzene rings is 2. The Morgan fingerprint density at radius 1 is 1.16 bits per heavy atom. The Hall–Kier alpha value is -0.770. The molecule has 0 saturated carbocycles. The molecule has 0 fully saturated rings. The third kappa shape index (κ3) is 3.62. The van der Waals surface area contributed by atoms with Crippen LogP contribution >= 0.6 is 39.1 Å². The molecule has 0 aliphatic carbocycles. The molecule has 2 aromatic carbocycles. The molecule has 2 rings (SSSR count). The van der Waals surface area contributed by atoms with Crippen molar-refractivity contribution >= 4 is 44.8 Å². The molecule has 0 heterocycles. The van der Waals surface area contributed by atoms with E-state index in [1.165, 1.54) is 12.1 Å². The van der Waals surface area contributed by atoms with Gasteiger partial charge in [-0.1, -0.05) is 51.3 Å². The topological polar surface area (TPSA) is 12.0 Å². The third-order valence-corrected chi connectivity index (χ3v) is 3.76. The van der Waals surface area contributed by atoms with Gasteiger partial charge in [0.05, 0.1) is 10.0 Å². The van der Waals surface area contributed by atoms with Gasteiger partial charge < -0.3 is 5.32 Å². The lowest BCUT2D eigenvalue weighted by Gasteiger charge is -2.16. The minimum absolute atomic E-state index is 0.0106. The lowest BCUT2D eigenvalue weighted by Crippen LogP contribution is -2.06. The Kier molecular flexibility index (Phi) is 4.71. The predicted molar refractivity (Wildman–Crippen MR) is 82.6 cm³/mol. The molecule has 0 radical (unpaired) electrons. The van der Waals surface area contributed by atoms with Crippen LogP contribution in [0.1, 0.15) is 18.5 Å². The molecule has 0 aliphatic rings. The summed E-state index contributed by atoms with van der Waals surface area (Å²) in [7, 11) is 0. The Morgan fingerprint density at radius 2 is 1.79 bits per heavy atom. The summed E-state index contributed by atoms with van der Waals surface area (Å²) in [6.45, 7) is 2.01. The predicted octanol–water partition coefficient (Wildman–Crippen LogP) is 6.07. The average Bonchev–Trinajstić information content (AvgIpc) is 2.36. The van der Waals surface area contributed by atoms with Crippen LogP contribution in [0, 0.1) is 5.82 Å². The molecule has 0 aromatic heterocycles. The monoisotopic (exact) mass is 361 g/mol. The standard InChI is InChI=1S/C14H11BrCl2FN/c1-8(9-3-2-4-10(15)5-9)19-11-6-12(16)14(18)13(17)7-11/h2-8,19H,1H3. The highest BCUT2D eigenvalue weighted by Crippen LogP contribution is 2.29. The number of rotatable bonds is 3. The lowest BCUT2D eigenvalue weighted by atomic mass is 10.1. The van der Waals surface area contributed by atoms with E-state index in [2.05, 4.69) is 21.2 Å². The maximum absolute atomic E-state index is 13.3. The minimum Gasteiger partial charge on any atom is -0.378 e. The molecule has 0 aliphatic heterocycles. The van der Waals surface area contributed by atoms with Crippen molar-refractivity contribution in [1.29, 1.82) is 0 Å². The Bertz CT molecular complexity index is 581. The van der Waals surface area contributed by atoms with E-state index >= 15 is 0 Å². The first kappa shape index (κ1) is 14.6. The van der Waals surface area contributed by atoms with Crippen molar-refractivity contribution in [3.8, 4) is 0 Å². The molecule has 1 N–H and O–H groups in total. The van der Waals surface area contributed by atoms with E-state index < -0.39 is 5.82 Å². The quantitative estimate of drug-likeness (QED) is 0.653. The minimum atomic E-state index is -0.594. The molecule has 1 unspecified atom stereocenters. The number of anilines is 1. The normalized spacial score (nSPS) is 12.3. The van der Waals surface area contributed by atoms with Crippen LogP contribution in [0.25, 0.3) is 0 Å². The Labute approximate surface area is 129 Å². The zero-order valence-electron chi connectivity index (χ0n) is 10.1. The van der Waals surface area contributed by atoms with Gasteiger partial charge in [0.15, 0.2) is 5.82 Å². The molecule has 1 nitrogen and oxygen atoms in total. The van der Waals surface area contributed by atoms with Gasteiger partial charge >= 0.3 is 0 Å².